The molecule has 1 aliphatic carbocycles. The minimum absolute atomic E-state index is 0.375. The van der Waals surface area contributed by atoms with Crippen molar-refractivity contribution in [1.82, 2.24) is 5.32 Å². The molecule has 1 saturated carbocycles. The highest BCUT2D eigenvalue weighted by Gasteiger charge is 2.20. The van der Waals surface area contributed by atoms with Crippen LogP contribution in [-0.2, 0) is 6.54 Å². The summed E-state index contributed by atoms with van der Waals surface area (Å²) in [5.41, 5.74) is 0.963. The Morgan fingerprint density at radius 1 is 1.41 bits per heavy atom. The van der Waals surface area contributed by atoms with Crippen molar-refractivity contribution in [1.29, 1.82) is 0 Å². The molecule has 0 amide bonds. The zero-order valence-electron chi connectivity index (χ0n) is 10.2. The Balaban J connectivity index is 1.80. The highest BCUT2D eigenvalue weighted by Crippen LogP contribution is 2.29. The third-order valence-corrected chi connectivity index (χ3v) is 4.09. The van der Waals surface area contributed by atoms with E-state index in [4.69, 9.17) is 0 Å². The second kappa shape index (κ2) is 5.87. The number of aromatic hydroxyl groups is 1. The number of hydrogen-bond donors (Lipinski definition) is 2. The first kappa shape index (κ1) is 12.9. The minimum atomic E-state index is 0.375. The molecule has 0 aromatic heterocycles. The fourth-order valence-corrected chi connectivity index (χ4v) is 3.03. The Morgan fingerprint density at radius 3 is 2.94 bits per heavy atom. The molecule has 2 nitrogen and oxygen atoms in total. The number of hydrogen-bond acceptors (Lipinski definition) is 2. The van der Waals surface area contributed by atoms with Gasteiger partial charge in [0.1, 0.15) is 5.75 Å². The first-order valence-electron chi connectivity index (χ1n) is 6.33. The van der Waals surface area contributed by atoms with E-state index in [2.05, 4.69) is 28.2 Å². The van der Waals surface area contributed by atoms with Gasteiger partial charge >= 0.3 is 0 Å². The van der Waals surface area contributed by atoms with Gasteiger partial charge in [0.25, 0.3) is 0 Å². The summed E-state index contributed by atoms with van der Waals surface area (Å²) in [6.07, 6.45) is 4.06. The topological polar surface area (TPSA) is 32.3 Å². The molecule has 0 heterocycles. The quantitative estimate of drug-likeness (QED) is 0.888. The molecule has 1 aromatic carbocycles. The number of phenolic OH excluding ortho intramolecular Hbond substituents is 1. The van der Waals surface area contributed by atoms with Crippen molar-refractivity contribution in [2.75, 3.05) is 6.54 Å². The molecule has 0 spiro atoms. The van der Waals surface area contributed by atoms with E-state index >= 15 is 0 Å². The monoisotopic (exact) mass is 297 g/mol. The molecular weight excluding hydrogens is 278 g/mol. The summed E-state index contributed by atoms with van der Waals surface area (Å²) in [6.45, 7) is 4.15. The SMILES string of the molecule is CC1CCC(CNCc2cc(Br)ccc2O)C1. The van der Waals surface area contributed by atoms with E-state index in [1.54, 1.807) is 6.07 Å². The number of benzene rings is 1. The molecule has 17 heavy (non-hydrogen) atoms. The molecule has 2 N–H and O–H groups in total. The normalized spacial score (nSPS) is 24.1. The van der Waals surface area contributed by atoms with Crippen molar-refractivity contribution < 1.29 is 5.11 Å². The molecule has 0 radical (unpaired) electrons. The van der Waals surface area contributed by atoms with Gasteiger partial charge in [0.2, 0.25) is 0 Å². The fraction of sp³-hybridized carbons (Fsp3) is 0.571. The van der Waals surface area contributed by atoms with Gasteiger partial charge in [-0.05, 0) is 49.4 Å². The first-order valence-corrected chi connectivity index (χ1v) is 7.12. The van der Waals surface area contributed by atoms with Gasteiger partial charge in [0.15, 0.2) is 0 Å². The van der Waals surface area contributed by atoms with Crippen LogP contribution in [0.1, 0.15) is 31.7 Å². The smallest absolute Gasteiger partial charge is 0.120 e. The van der Waals surface area contributed by atoms with Crippen LogP contribution in [0.25, 0.3) is 0 Å². The van der Waals surface area contributed by atoms with Crippen molar-refractivity contribution in [3.8, 4) is 5.75 Å². The Morgan fingerprint density at radius 2 is 2.24 bits per heavy atom. The van der Waals surface area contributed by atoms with E-state index in [-0.39, 0.29) is 0 Å². The minimum Gasteiger partial charge on any atom is -0.508 e. The molecule has 3 heteroatoms. The van der Waals surface area contributed by atoms with E-state index in [9.17, 15) is 5.11 Å². The van der Waals surface area contributed by atoms with E-state index in [1.165, 1.54) is 19.3 Å². The van der Waals surface area contributed by atoms with Crippen LogP contribution in [-0.4, -0.2) is 11.7 Å². The Hall–Kier alpha value is -0.540. The van der Waals surface area contributed by atoms with Gasteiger partial charge < -0.3 is 10.4 Å². The maximum Gasteiger partial charge on any atom is 0.120 e. The second-order valence-electron chi connectivity index (χ2n) is 5.19. The summed E-state index contributed by atoms with van der Waals surface area (Å²) in [7, 11) is 0. The molecule has 0 bridgehead atoms. The van der Waals surface area contributed by atoms with Crippen LogP contribution in [0.4, 0.5) is 0 Å². The molecule has 0 aliphatic heterocycles. The molecule has 0 saturated heterocycles. The lowest BCUT2D eigenvalue weighted by Crippen LogP contribution is -2.21. The maximum absolute atomic E-state index is 9.71. The zero-order chi connectivity index (χ0) is 12.3. The Labute approximate surface area is 112 Å². The lowest BCUT2D eigenvalue weighted by Gasteiger charge is -2.12. The Bertz CT molecular complexity index is 380. The summed E-state index contributed by atoms with van der Waals surface area (Å²) in [4.78, 5) is 0. The summed E-state index contributed by atoms with van der Waals surface area (Å²) < 4.78 is 1.02. The van der Waals surface area contributed by atoms with Crippen molar-refractivity contribution in [3.63, 3.8) is 0 Å². The van der Waals surface area contributed by atoms with E-state index in [0.29, 0.717) is 5.75 Å². The van der Waals surface area contributed by atoms with Crippen LogP contribution in [0.3, 0.4) is 0 Å². The molecule has 2 unspecified atom stereocenters. The van der Waals surface area contributed by atoms with E-state index < -0.39 is 0 Å². The third-order valence-electron chi connectivity index (χ3n) is 3.59. The van der Waals surface area contributed by atoms with Gasteiger partial charge in [0.05, 0.1) is 0 Å². The highest BCUT2D eigenvalue weighted by atomic mass is 79.9. The van der Waals surface area contributed by atoms with Gasteiger partial charge in [-0.2, -0.15) is 0 Å². The van der Waals surface area contributed by atoms with E-state index in [1.807, 2.05) is 12.1 Å². The predicted octanol–water partition coefficient (Wildman–Crippen LogP) is 3.68. The van der Waals surface area contributed by atoms with Gasteiger partial charge in [-0.25, -0.2) is 0 Å². The summed E-state index contributed by atoms with van der Waals surface area (Å²) in [5.74, 6) is 2.08. The molecule has 1 fully saturated rings. The van der Waals surface area contributed by atoms with Crippen molar-refractivity contribution >= 4 is 15.9 Å². The standard InChI is InChI=1S/C14H20BrNO/c1-10-2-3-11(6-10)8-16-9-12-7-13(15)4-5-14(12)17/h4-5,7,10-11,16-17H,2-3,6,8-9H2,1H3. The van der Waals surface area contributed by atoms with Crippen LogP contribution in [0, 0.1) is 11.8 Å². The lowest BCUT2D eigenvalue weighted by atomic mass is 10.1. The molecule has 1 aromatic rings. The van der Waals surface area contributed by atoms with Crippen molar-refractivity contribution in [3.05, 3.63) is 28.2 Å². The average Bonchev–Trinajstić information content (AvgIpc) is 2.69. The first-order chi connectivity index (χ1) is 8.15. The maximum atomic E-state index is 9.71. The van der Waals surface area contributed by atoms with Crippen molar-refractivity contribution in [2.24, 2.45) is 11.8 Å². The van der Waals surface area contributed by atoms with Crippen LogP contribution in [0.2, 0.25) is 0 Å². The summed E-state index contributed by atoms with van der Waals surface area (Å²) in [6, 6.07) is 5.57. The van der Waals surface area contributed by atoms with E-state index in [0.717, 1.165) is 35.0 Å². The number of phenols is 1. The molecule has 94 valence electrons. The van der Waals surface area contributed by atoms with Gasteiger partial charge in [0, 0.05) is 16.6 Å². The van der Waals surface area contributed by atoms with Crippen molar-refractivity contribution in [2.45, 2.75) is 32.7 Å². The summed E-state index contributed by atoms with van der Waals surface area (Å²) in [5, 5.41) is 13.2. The third kappa shape index (κ3) is 3.71. The largest absolute Gasteiger partial charge is 0.508 e. The molecule has 2 rings (SSSR count). The van der Waals surface area contributed by atoms with Gasteiger partial charge in [-0.15, -0.1) is 0 Å². The highest BCUT2D eigenvalue weighted by molar-refractivity contribution is 9.10. The molecule has 1 aliphatic rings. The van der Waals surface area contributed by atoms with Gasteiger partial charge in [-0.3, -0.25) is 0 Å². The Kier molecular flexibility index (Phi) is 4.46. The van der Waals surface area contributed by atoms with Gasteiger partial charge in [-0.1, -0.05) is 29.3 Å². The lowest BCUT2D eigenvalue weighted by molar-refractivity contribution is 0.448. The number of nitrogens with one attached hydrogen (secondary N) is 1. The van der Waals surface area contributed by atoms with Crippen LogP contribution in [0.5, 0.6) is 5.75 Å². The molecular formula is C14H20BrNO. The fourth-order valence-electron chi connectivity index (χ4n) is 2.62. The number of rotatable bonds is 4. The summed E-state index contributed by atoms with van der Waals surface area (Å²) >= 11 is 3.42. The second-order valence-corrected chi connectivity index (χ2v) is 6.10. The predicted molar refractivity (Wildman–Crippen MR) is 74.0 cm³/mol. The van der Waals surface area contributed by atoms with Crippen LogP contribution in [0.15, 0.2) is 22.7 Å². The average molecular weight is 298 g/mol. The number of halogens is 1. The van der Waals surface area contributed by atoms with Crippen LogP contribution >= 0.6 is 15.9 Å². The molecule has 2 atom stereocenters. The zero-order valence-corrected chi connectivity index (χ0v) is 11.8. The van der Waals surface area contributed by atoms with Crippen LogP contribution < -0.4 is 5.32 Å².